The molecule has 0 bridgehead atoms. The summed E-state index contributed by atoms with van der Waals surface area (Å²) in [5.41, 5.74) is 0. The molecule has 1 saturated heterocycles. The van der Waals surface area contributed by atoms with Gasteiger partial charge in [0.05, 0.1) is 11.3 Å². The Kier molecular flexibility index (Phi) is 4.88. The van der Waals surface area contributed by atoms with Crippen molar-refractivity contribution in [1.82, 2.24) is 5.32 Å². The highest BCUT2D eigenvalue weighted by Gasteiger charge is 2.36. The van der Waals surface area contributed by atoms with Crippen molar-refractivity contribution in [2.75, 3.05) is 5.75 Å². The van der Waals surface area contributed by atoms with E-state index in [4.69, 9.17) is 5.11 Å². The van der Waals surface area contributed by atoms with Gasteiger partial charge in [-0.15, -0.1) is 23.1 Å². The van der Waals surface area contributed by atoms with E-state index in [-0.39, 0.29) is 10.7 Å². The third-order valence-electron chi connectivity index (χ3n) is 3.19. The van der Waals surface area contributed by atoms with Crippen LogP contribution in [0.3, 0.4) is 0 Å². The van der Waals surface area contributed by atoms with Gasteiger partial charge in [-0.2, -0.15) is 0 Å². The van der Waals surface area contributed by atoms with Gasteiger partial charge >= 0.3 is 5.97 Å². The Bertz CT molecular complexity index is 530. The number of aliphatic carboxylic acids is 1. The molecule has 1 unspecified atom stereocenters. The third-order valence-corrected chi connectivity index (χ3v) is 5.76. The smallest absolute Gasteiger partial charge is 0.328 e. The van der Waals surface area contributed by atoms with Crippen molar-refractivity contribution in [3.8, 4) is 0 Å². The van der Waals surface area contributed by atoms with Gasteiger partial charge in [0, 0.05) is 15.8 Å². The molecule has 0 spiro atoms. The van der Waals surface area contributed by atoms with Gasteiger partial charge in [-0.25, -0.2) is 4.79 Å². The predicted molar refractivity (Wildman–Crippen MR) is 82.9 cm³/mol. The first kappa shape index (κ1) is 15.1. The molecule has 1 fully saturated rings. The molecule has 6 heteroatoms. The Labute approximate surface area is 126 Å². The van der Waals surface area contributed by atoms with Crippen LogP contribution >= 0.6 is 23.1 Å². The van der Waals surface area contributed by atoms with E-state index in [0.29, 0.717) is 6.54 Å². The van der Waals surface area contributed by atoms with Crippen LogP contribution in [0.25, 0.3) is 6.08 Å². The van der Waals surface area contributed by atoms with Gasteiger partial charge in [0.15, 0.2) is 0 Å². The normalized spacial score (nSPS) is 22.2. The number of thiophene rings is 1. The number of rotatable bonds is 5. The van der Waals surface area contributed by atoms with Crippen molar-refractivity contribution in [2.24, 2.45) is 0 Å². The van der Waals surface area contributed by atoms with E-state index in [2.05, 4.69) is 5.32 Å². The maximum absolute atomic E-state index is 12.1. The van der Waals surface area contributed by atoms with E-state index < -0.39 is 5.97 Å². The summed E-state index contributed by atoms with van der Waals surface area (Å²) >= 11 is 3.21. The summed E-state index contributed by atoms with van der Waals surface area (Å²) in [6, 6.07) is 3.77. The maximum Gasteiger partial charge on any atom is 0.328 e. The highest BCUT2D eigenvalue weighted by molar-refractivity contribution is 8.01. The van der Waals surface area contributed by atoms with E-state index >= 15 is 0 Å². The number of carboxylic acid groups (broad SMARTS) is 1. The molecule has 0 aromatic carbocycles. The minimum atomic E-state index is -0.959. The summed E-state index contributed by atoms with van der Waals surface area (Å²) in [7, 11) is 0. The van der Waals surface area contributed by atoms with Gasteiger partial charge in [0.25, 0.3) is 0 Å². The number of hydrogen-bond donors (Lipinski definition) is 2. The zero-order valence-electron chi connectivity index (χ0n) is 11.2. The molecule has 0 aliphatic carbocycles. The van der Waals surface area contributed by atoms with Gasteiger partial charge in [0.2, 0.25) is 5.91 Å². The van der Waals surface area contributed by atoms with Crippen LogP contribution in [0.5, 0.6) is 0 Å². The summed E-state index contributed by atoms with van der Waals surface area (Å²) in [6.45, 7) is 2.50. The van der Waals surface area contributed by atoms with Crippen LogP contribution in [0.15, 0.2) is 18.2 Å². The van der Waals surface area contributed by atoms with Gasteiger partial charge in [-0.1, -0.05) is 0 Å². The van der Waals surface area contributed by atoms with Crippen LogP contribution < -0.4 is 5.32 Å². The molecule has 0 radical (unpaired) electrons. The van der Waals surface area contributed by atoms with Crippen LogP contribution in [0.4, 0.5) is 0 Å². The largest absolute Gasteiger partial charge is 0.478 e. The first-order chi connectivity index (χ1) is 9.49. The molecule has 2 N–H and O–H groups in total. The SMILES string of the molecule is CC1(C(=O)NCc2ccc(/C=C/C(=O)O)s2)CCCS1. The van der Waals surface area contributed by atoms with Crippen molar-refractivity contribution in [1.29, 1.82) is 0 Å². The zero-order valence-corrected chi connectivity index (χ0v) is 12.9. The lowest BCUT2D eigenvalue weighted by Crippen LogP contribution is -2.39. The lowest BCUT2D eigenvalue weighted by Gasteiger charge is -2.21. The molecule has 108 valence electrons. The van der Waals surface area contributed by atoms with Crippen LogP contribution in [-0.4, -0.2) is 27.5 Å². The van der Waals surface area contributed by atoms with Crippen LogP contribution in [0.1, 0.15) is 29.5 Å². The summed E-state index contributed by atoms with van der Waals surface area (Å²) < 4.78 is -0.288. The van der Waals surface area contributed by atoms with E-state index in [1.54, 1.807) is 17.8 Å². The first-order valence-corrected chi connectivity index (χ1v) is 8.22. The Morgan fingerprint density at radius 2 is 2.30 bits per heavy atom. The van der Waals surface area contributed by atoms with Gasteiger partial charge < -0.3 is 10.4 Å². The van der Waals surface area contributed by atoms with E-state index in [9.17, 15) is 9.59 Å². The van der Waals surface area contributed by atoms with Crippen molar-refractivity contribution < 1.29 is 14.7 Å². The summed E-state index contributed by atoms with van der Waals surface area (Å²) in [5.74, 6) is 0.183. The minimum Gasteiger partial charge on any atom is -0.478 e. The van der Waals surface area contributed by atoms with Gasteiger partial charge in [-0.3, -0.25) is 4.79 Å². The second-order valence-electron chi connectivity index (χ2n) is 4.84. The second kappa shape index (κ2) is 6.45. The number of carboxylic acids is 1. The molecular formula is C14H17NO3S2. The molecule has 4 nitrogen and oxygen atoms in total. The quantitative estimate of drug-likeness (QED) is 0.821. The summed E-state index contributed by atoms with van der Waals surface area (Å²) in [5, 5.41) is 11.5. The Balaban J connectivity index is 1.88. The molecule has 1 amide bonds. The average molecular weight is 311 g/mol. The van der Waals surface area contributed by atoms with Crippen LogP contribution in [-0.2, 0) is 16.1 Å². The molecule has 1 aliphatic rings. The Morgan fingerprint density at radius 1 is 1.50 bits per heavy atom. The van der Waals surface area contributed by atoms with E-state index in [1.807, 2.05) is 19.1 Å². The predicted octanol–water partition coefficient (Wildman–Crippen LogP) is 2.75. The molecule has 1 aliphatic heterocycles. The average Bonchev–Trinajstić information content (AvgIpc) is 3.03. The number of thioether (sulfide) groups is 1. The Hall–Kier alpha value is -1.27. The summed E-state index contributed by atoms with van der Waals surface area (Å²) in [4.78, 5) is 24.5. The van der Waals surface area contributed by atoms with E-state index in [1.165, 1.54) is 11.3 Å². The highest BCUT2D eigenvalue weighted by Crippen LogP contribution is 2.37. The molecule has 20 heavy (non-hydrogen) atoms. The van der Waals surface area contributed by atoms with Gasteiger partial charge in [-0.05, 0) is 43.7 Å². The fourth-order valence-electron chi connectivity index (χ4n) is 2.05. The minimum absolute atomic E-state index is 0.0935. The topological polar surface area (TPSA) is 66.4 Å². The van der Waals surface area contributed by atoms with Crippen molar-refractivity contribution in [3.63, 3.8) is 0 Å². The maximum atomic E-state index is 12.1. The number of nitrogens with one attached hydrogen (secondary N) is 1. The van der Waals surface area contributed by atoms with Gasteiger partial charge in [0.1, 0.15) is 0 Å². The molecule has 2 heterocycles. The number of hydrogen-bond acceptors (Lipinski definition) is 4. The lowest BCUT2D eigenvalue weighted by molar-refractivity contribution is -0.131. The first-order valence-electron chi connectivity index (χ1n) is 6.41. The van der Waals surface area contributed by atoms with E-state index in [0.717, 1.165) is 34.4 Å². The van der Waals surface area contributed by atoms with Crippen molar-refractivity contribution in [2.45, 2.75) is 31.1 Å². The Morgan fingerprint density at radius 3 is 2.95 bits per heavy atom. The van der Waals surface area contributed by atoms with Crippen LogP contribution in [0, 0.1) is 0 Å². The molecule has 1 atom stereocenters. The number of carbonyl (C=O) groups is 2. The van der Waals surface area contributed by atoms with Crippen LogP contribution in [0.2, 0.25) is 0 Å². The monoisotopic (exact) mass is 311 g/mol. The zero-order chi connectivity index (χ0) is 14.6. The number of amides is 1. The molecule has 2 rings (SSSR count). The standard InChI is InChI=1S/C14H17NO3S2/c1-14(7-2-8-19-14)13(18)15-9-11-4-3-10(20-11)5-6-12(16)17/h3-6H,2,7-9H2,1H3,(H,15,18)(H,16,17)/b6-5+. The van der Waals surface area contributed by atoms with Crippen molar-refractivity contribution in [3.05, 3.63) is 28.0 Å². The lowest BCUT2D eigenvalue weighted by atomic mass is 10.1. The second-order valence-corrected chi connectivity index (χ2v) is 7.64. The molecule has 1 aromatic rings. The molecule has 0 saturated carbocycles. The third kappa shape index (κ3) is 3.86. The fraction of sp³-hybridized carbons (Fsp3) is 0.429. The molecule has 1 aromatic heterocycles. The molecular weight excluding hydrogens is 294 g/mol. The van der Waals surface area contributed by atoms with Crippen molar-refractivity contribution >= 4 is 41.1 Å². The highest BCUT2D eigenvalue weighted by atomic mass is 32.2. The number of carbonyl (C=O) groups excluding carboxylic acids is 1. The summed E-state index contributed by atoms with van der Waals surface area (Å²) in [6.07, 6.45) is 4.70. The fourth-order valence-corrected chi connectivity index (χ4v) is 4.13.